The Hall–Kier alpha value is -3.22. The van der Waals surface area contributed by atoms with Crippen LogP contribution in [0.15, 0.2) is 0 Å². The first kappa shape index (κ1) is 34.4. The van der Waals surface area contributed by atoms with Crippen LogP contribution in [0.1, 0.15) is 26.2 Å². The number of aliphatic carboxylic acids is 2. The molecule has 0 aliphatic carbocycles. The van der Waals surface area contributed by atoms with Crippen molar-refractivity contribution in [3.63, 3.8) is 0 Å². The Labute approximate surface area is 188 Å². The van der Waals surface area contributed by atoms with Gasteiger partial charge in [-0.2, -0.15) is 0 Å². The van der Waals surface area contributed by atoms with Gasteiger partial charge in [-0.15, -0.1) is 0 Å². The van der Waals surface area contributed by atoms with Gasteiger partial charge in [-0.05, 0) is 13.3 Å². The topological polar surface area (TPSA) is 349 Å². The zero-order valence-corrected chi connectivity index (χ0v) is 17.8. The van der Waals surface area contributed by atoms with Gasteiger partial charge in [-0.3, -0.25) is 19.2 Å². The van der Waals surface area contributed by atoms with E-state index in [0.717, 1.165) is 0 Å². The van der Waals surface area contributed by atoms with Crippen molar-refractivity contribution >= 4 is 35.7 Å². The highest BCUT2D eigenvalue weighted by molar-refractivity contribution is 5.93. The number of hydrogen-bond donors (Lipinski definition) is 10. The normalized spacial score (nSPS) is 14.4. The molecule has 17 heteroatoms. The van der Waals surface area contributed by atoms with E-state index in [1.54, 1.807) is 0 Å². The average molecular weight is 484 g/mol. The molecule has 2 amide bonds. The van der Waals surface area contributed by atoms with Crippen LogP contribution in [0.25, 0.3) is 0 Å². The molecule has 0 heterocycles. The van der Waals surface area contributed by atoms with Gasteiger partial charge in [0, 0.05) is 6.42 Å². The second-order valence-corrected chi connectivity index (χ2v) is 6.36. The van der Waals surface area contributed by atoms with Gasteiger partial charge >= 0.3 is 23.9 Å². The maximum atomic E-state index is 11.1. The molecule has 17 nitrogen and oxygen atoms in total. The second-order valence-electron chi connectivity index (χ2n) is 6.36. The maximum Gasteiger partial charge on any atom is 0.333 e. The Morgan fingerprint density at radius 3 is 1.52 bits per heavy atom. The summed E-state index contributed by atoms with van der Waals surface area (Å²) >= 11 is 0. The molecule has 0 aromatic carbocycles. The molecule has 0 fully saturated rings. The highest BCUT2D eigenvalue weighted by atomic mass is 16.6. The summed E-state index contributed by atoms with van der Waals surface area (Å²) < 4.78 is 4.24. The molecule has 0 saturated heterocycles. The van der Waals surface area contributed by atoms with Crippen molar-refractivity contribution in [2.24, 2.45) is 34.4 Å². The van der Waals surface area contributed by atoms with E-state index in [9.17, 15) is 28.8 Å². The Balaban J connectivity index is -0.000000451. The lowest BCUT2D eigenvalue weighted by atomic mass is 10.2. The second kappa shape index (κ2) is 18.4. The van der Waals surface area contributed by atoms with E-state index in [4.69, 9.17) is 54.8 Å². The van der Waals surface area contributed by atoms with Crippen molar-refractivity contribution in [3.8, 4) is 0 Å². The molecule has 0 aromatic heterocycles. The van der Waals surface area contributed by atoms with E-state index in [1.165, 1.54) is 6.92 Å². The van der Waals surface area contributed by atoms with E-state index in [1.807, 2.05) is 0 Å². The molecule has 5 atom stereocenters. The smallest absolute Gasteiger partial charge is 0.333 e. The minimum atomic E-state index is -1.34. The number of carboxylic acids is 2. The van der Waals surface area contributed by atoms with Gasteiger partial charge in [0.2, 0.25) is 11.8 Å². The Morgan fingerprint density at radius 1 is 0.788 bits per heavy atom. The van der Waals surface area contributed by atoms with Crippen molar-refractivity contribution in [1.29, 1.82) is 0 Å². The largest absolute Gasteiger partial charge is 0.480 e. The van der Waals surface area contributed by atoms with Gasteiger partial charge in [-0.1, -0.05) is 0 Å². The van der Waals surface area contributed by atoms with Crippen molar-refractivity contribution < 1.29 is 53.9 Å². The molecule has 0 saturated carbocycles. The molecule has 0 rings (SSSR count). The lowest BCUT2D eigenvalue weighted by molar-refractivity contribution is -0.163. The van der Waals surface area contributed by atoms with Gasteiger partial charge in [0.1, 0.15) is 24.2 Å². The number of carboxylic acid groups (broad SMARTS) is 2. The molecule has 192 valence electrons. The Morgan fingerprint density at radius 2 is 1.24 bits per heavy atom. The van der Waals surface area contributed by atoms with Crippen LogP contribution in [0.5, 0.6) is 0 Å². The first-order valence-corrected chi connectivity index (χ1v) is 9.06. The third kappa shape index (κ3) is 20.4. The zero-order chi connectivity index (χ0) is 26.9. The standard InChI is InChI=1S/C8H15N3O5.C5H10N2O3.C3H7NO3/c1-3(12)6(11)8(15)16-7(14)4(9)2-5(10)13;6-3(5(9)10)1-2-4(7)8;4-2(1-5)3(6)7/h3-4,6,12H,2,9,11H2,1H3,(H2,10,13);3H,1-2,6H2,(H2,7,8)(H,9,10);2,5H,1,4H2,(H,6,7)/t3-,4+,6+;3-;2-/m100/s1. The van der Waals surface area contributed by atoms with E-state index >= 15 is 0 Å². The van der Waals surface area contributed by atoms with Crippen LogP contribution in [0.4, 0.5) is 0 Å². The lowest BCUT2D eigenvalue weighted by Crippen LogP contribution is -2.45. The van der Waals surface area contributed by atoms with Crippen molar-refractivity contribution in [2.75, 3.05) is 6.61 Å². The molecule has 0 radical (unpaired) electrons. The highest BCUT2D eigenvalue weighted by Crippen LogP contribution is 1.97. The monoisotopic (exact) mass is 484 g/mol. The predicted molar refractivity (Wildman–Crippen MR) is 109 cm³/mol. The van der Waals surface area contributed by atoms with Gasteiger partial charge in [0.15, 0.2) is 0 Å². The Bertz CT molecular complexity index is 673. The predicted octanol–water partition coefficient (Wildman–Crippen LogP) is -5.98. The highest BCUT2D eigenvalue weighted by Gasteiger charge is 2.26. The first-order chi connectivity index (χ1) is 15.0. The molecule has 0 spiro atoms. The SMILES string of the molecule is C[C@@H](O)[C@H](N)C(=O)OC(=O)[C@@H](N)CC(N)=O.NC(=O)CC[C@H](N)C(=O)O.N[C@@H](CO)C(=O)O. The summed E-state index contributed by atoms with van der Waals surface area (Å²) in [5.41, 5.74) is 29.8. The van der Waals surface area contributed by atoms with Gasteiger partial charge in [0.05, 0.1) is 19.1 Å². The summed E-state index contributed by atoms with van der Waals surface area (Å²) in [7, 11) is 0. The van der Waals surface area contributed by atoms with Crippen molar-refractivity contribution in [2.45, 2.75) is 56.5 Å². The van der Waals surface area contributed by atoms with Gasteiger partial charge in [-0.25, -0.2) is 9.59 Å². The van der Waals surface area contributed by atoms with Crippen LogP contribution in [0, 0.1) is 0 Å². The minimum Gasteiger partial charge on any atom is -0.480 e. The molecule has 16 N–H and O–H groups in total. The molecule has 0 bridgehead atoms. The lowest BCUT2D eigenvalue weighted by Gasteiger charge is -2.14. The number of hydrogen-bond acceptors (Lipinski definition) is 13. The molecular weight excluding hydrogens is 452 g/mol. The Kier molecular flexibility index (Phi) is 19.1. The van der Waals surface area contributed by atoms with Crippen LogP contribution < -0.4 is 34.4 Å². The van der Waals surface area contributed by atoms with E-state index in [0.29, 0.717) is 0 Å². The zero-order valence-electron chi connectivity index (χ0n) is 17.8. The molecule has 0 aliphatic rings. The van der Waals surface area contributed by atoms with Crippen molar-refractivity contribution in [1.82, 2.24) is 0 Å². The van der Waals surface area contributed by atoms with E-state index in [2.05, 4.69) is 4.74 Å². The number of ether oxygens (including phenoxy) is 1. The third-order valence-electron chi connectivity index (χ3n) is 3.25. The van der Waals surface area contributed by atoms with Crippen LogP contribution in [0.3, 0.4) is 0 Å². The fourth-order valence-electron chi connectivity index (χ4n) is 1.24. The first-order valence-electron chi connectivity index (χ1n) is 9.06. The fourth-order valence-corrected chi connectivity index (χ4v) is 1.24. The third-order valence-corrected chi connectivity index (χ3v) is 3.25. The molecule has 0 unspecified atom stereocenters. The minimum absolute atomic E-state index is 0.0213. The molecule has 0 aliphatic heterocycles. The van der Waals surface area contributed by atoms with Crippen LogP contribution >= 0.6 is 0 Å². The summed E-state index contributed by atoms with van der Waals surface area (Å²) in [5.74, 6) is -5.84. The number of rotatable bonds is 11. The van der Waals surface area contributed by atoms with Gasteiger partial charge in [0.25, 0.3) is 0 Å². The summed E-state index contributed by atoms with van der Waals surface area (Å²) in [4.78, 5) is 62.4. The molecule has 0 aromatic rings. The number of carbonyl (C=O) groups excluding carboxylic acids is 4. The van der Waals surface area contributed by atoms with E-state index in [-0.39, 0.29) is 12.8 Å². The number of aliphatic hydroxyl groups is 2. The van der Waals surface area contributed by atoms with Crippen LogP contribution in [-0.2, 0) is 33.5 Å². The average Bonchev–Trinajstić information content (AvgIpc) is 2.70. The number of nitrogens with two attached hydrogens (primary N) is 6. The number of esters is 2. The quantitative estimate of drug-likeness (QED) is 0.0962. The maximum absolute atomic E-state index is 11.1. The summed E-state index contributed by atoms with van der Waals surface area (Å²) in [6.07, 6.45) is -1.47. The number of primary amides is 2. The van der Waals surface area contributed by atoms with E-state index < -0.39 is 79.0 Å². The van der Waals surface area contributed by atoms with Gasteiger partial charge < -0.3 is 59.6 Å². The fraction of sp³-hybridized carbons (Fsp3) is 0.625. The summed E-state index contributed by atoms with van der Waals surface area (Å²) in [6, 6.07) is -4.76. The number of carbonyl (C=O) groups is 6. The number of amides is 2. The van der Waals surface area contributed by atoms with Crippen LogP contribution in [0.2, 0.25) is 0 Å². The molecule has 33 heavy (non-hydrogen) atoms. The molecular formula is C16H32N6O11. The summed E-state index contributed by atoms with van der Waals surface area (Å²) in [6.45, 7) is 0.759. The summed E-state index contributed by atoms with van der Waals surface area (Å²) in [5, 5.41) is 33.1. The number of aliphatic hydroxyl groups excluding tert-OH is 2. The van der Waals surface area contributed by atoms with Crippen LogP contribution in [-0.4, -0.2) is 93.0 Å². The van der Waals surface area contributed by atoms with Crippen molar-refractivity contribution in [3.05, 3.63) is 0 Å².